The van der Waals surface area contributed by atoms with Crippen molar-refractivity contribution in [3.05, 3.63) is 35.0 Å². The molecule has 8 nitrogen and oxygen atoms in total. The molecule has 0 saturated carbocycles. The van der Waals surface area contributed by atoms with Crippen LogP contribution in [0.5, 0.6) is 0 Å². The maximum Gasteiger partial charge on any atom is 0.223 e. The van der Waals surface area contributed by atoms with Gasteiger partial charge < -0.3 is 19.9 Å². The molecular weight excluding hydrogens is 406 g/mol. The minimum Gasteiger partial charge on any atom is -0.391 e. The fourth-order valence-corrected chi connectivity index (χ4v) is 3.35. The first-order valence-corrected chi connectivity index (χ1v) is 10.2. The van der Waals surface area contributed by atoms with Gasteiger partial charge in [-0.15, -0.1) is 0 Å². The molecule has 0 aliphatic carbocycles. The summed E-state index contributed by atoms with van der Waals surface area (Å²) in [5.41, 5.74) is 2.18. The fourth-order valence-electron chi connectivity index (χ4n) is 3.15. The zero-order valence-electron chi connectivity index (χ0n) is 18.2. The molecule has 6 N–H and O–H groups in total. The van der Waals surface area contributed by atoms with Crippen molar-refractivity contribution in [3.8, 4) is 0 Å². The first-order valence-electron chi connectivity index (χ1n) is 9.81. The summed E-state index contributed by atoms with van der Waals surface area (Å²) in [4.78, 5) is 23.6. The molecule has 1 unspecified atom stereocenters. The van der Waals surface area contributed by atoms with Crippen molar-refractivity contribution < 1.29 is 14.7 Å². The van der Waals surface area contributed by atoms with Gasteiger partial charge in [0.1, 0.15) is 5.15 Å². The Balaban J connectivity index is 0.000000280. The molecule has 1 aliphatic heterocycles. The summed E-state index contributed by atoms with van der Waals surface area (Å²) >= 11 is 6.00. The highest BCUT2D eigenvalue weighted by Crippen LogP contribution is 2.23. The van der Waals surface area contributed by atoms with E-state index in [1.807, 2.05) is 35.9 Å². The van der Waals surface area contributed by atoms with Gasteiger partial charge in [-0.1, -0.05) is 44.5 Å². The molecule has 0 bridgehead atoms. The van der Waals surface area contributed by atoms with Gasteiger partial charge in [0, 0.05) is 44.0 Å². The number of nitrogens with two attached hydrogens (primary N) is 2. The van der Waals surface area contributed by atoms with E-state index < -0.39 is 0 Å². The second-order valence-electron chi connectivity index (χ2n) is 8.44. The van der Waals surface area contributed by atoms with E-state index in [4.69, 9.17) is 11.6 Å². The van der Waals surface area contributed by atoms with Crippen molar-refractivity contribution in [2.45, 2.75) is 46.3 Å². The third-order valence-corrected chi connectivity index (χ3v) is 5.00. The number of benzene rings is 1. The minimum atomic E-state index is -0.302. The lowest BCUT2D eigenvalue weighted by Crippen LogP contribution is -2.32. The van der Waals surface area contributed by atoms with Crippen molar-refractivity contribution in [1.82, 2.24) is 14.8 Å². The Morgan fingerprint density at radius 3 is 2.53 bits per heavy atom. The normalized spacial score (nSPS) is 15.7. The van der Waals surface area contributed by atoms with Crippen molar-refractivity contribution in [2.24, 2.45) is 24.1 Å². The van der Waals surface area contributed by atoms with Gasteiger partial charge >= 0.3 is 0 Å². The summed E-state index contributed by atoms with van der Waals surface area (Å²) in [5.74, 6) is 8.17. The number of halogens is 1. The van der Waals surface area contributed by atoms with Gasteiger partial charge in [0.2, 0.25) is 12.3 Å². The summed E-state index contributed by atoms with van der Waals surface area (Å²) in [6.45, 7) is 7.94. The number of fused-ring (bicyclic) bond motifs is 1. The largest absolute Gasteiger partial charge is 0.391 e. The summed E-state index contributed by atoms with van der Waals surface area (Å²) in [7, 11) is 1.92. The number of aliphatic hydroxyl groups is 1. The first kappa shape index (κ1) is 25.9. The third kappa shape index (κ3) is 7.95. The van der Waals surface area contributed by atoms with Crippen LogP contribution in [0.3, 0.4) is 0 Å². The Labute approximate surface area is 183 Å². The standard InChI is InChI=1S/C11H11ClN2O.C10H19NO2.H4N2/c1-14-10-4-8(6-13-7-15)2-3-9(10)5-11(14)12;1-10(2,3)6-9(13)11-5-4-8(12)7-11;1-2/h2-5,7H,6H2,1H3,(H,13,15);8,12H,4-7H2,1-3H3;1-2H2. The molecule has 1 fully saturated rings. The van der Waals surface area contributed by atoms with Crippen LogP contribution in [0, 0.1) is 5.41 Å². The SMILES string of the molecule is CC(C)(C)CC(=O)N1CCC(O)C1.Cn1c(Cl)cc2ccc(CNC=O)cc21.NN. The van der Waals surface area contributed by atoms with E-state index in [-0.39, 0.29) is 17.4 Å². The molecule has 2 aromatic rings. The number of rotatable bonds is 4. The number of aliphatic hydroxyl groups excluding tert-OH is 1. The summed E-state index contributed by atoms with van der Waals surface area (Å²) in [5, 5.41) is 13.7. The average molecular weight is 440 g/mol. The zero-order chi connectivity index (χ0) is 22.9. The number of β-amino-alcohol motifs (C(OH)–C–C–N with tert-alkyl or cyclic N) is 1. The van der Waals surface area contributed by atoms with Crippen LogP contribution in [0.2, 0.25) is 5.15 Å². The summed E-state index contributed by atoms with van der Waals surface area (Å²) in [6, 6.07) is 7.93. The van der Waals surface area contributed by atoms with Crippen LogP contribution in [0.1, 0.15) is 39.2 Å². The van der Waals surface area contributed by atoms with Gasteiger partial charge in [-0.3, -0.25) is 21.3 Å². The van der Waals surface area contributed by atoms with Gasteiger partial charge in [-0.05, 0) is 29.5 Å². The molecule has 30 heavy (non-hydrogen) atoms. The number of aryl methyl sites for hydroxylation is 1. The van der Waals surface area contributed by atoms with Crippen LogP contribution in [-0.4, -0.2) is 46.1 Å². The van der Waals surface area contributed by atoms with Gasteiger partial charge in [0.05, 0.1) is 6.10 Å². The van der Waals surface area contributed by atoms with Crippen LogP contribution in [-0.2, 0) is 23.2 Å². The first-order chi connectivity index (χ1) is 14.1. The second kappa shape index (κ2) is 11.9. The monoisotopic (exact) mass is 439 g/mol. The highest BCUT2D eigenvalue weighted by atomic mass is 35.5. The predicted octanol–water partition coefficient (Wildman–Crippen LogP) is 1.91. The molecule has 0 radical (unpaired) electrons. The predicted molar refractivity (Wildman–Crippen MR) is 120 cm³/mol. The number of hydrogen-bond donors (Lipinski definition) is 4. The van der Waals surface area contributed by atoms with E-state index in [0.717, 1.165) is 29.4 Å². The highest BCUT2D eigenvalue weighted by molar-refractivity contribution is 6.30. The lowest BCUT2D eigenvalue weighted by molar-refractivity contribution is -0.132. The number of carbonyl (C=O) groups excluding carboxylic acids is 2. The summed E-state index contributed by atoms with van der Waals surface area (Å²) < 4.78 is 1.92. The van der Waals surface area contributed by atoms with E-state index in [0.29, 0.717) is 31.1 Å². The average Bonchev–Trinajstić information content (AvgIpc) is 3.25. The number of aromatic nitrogens is 1. The number of likely N-dealkylation sites (tertiary alicyclic amines) is 1. The Morgan fingerprint density at radius 2 is 2.00 bits per heavy atom. The highest BCUT2D eigenvalue weighted by Gasteiger charge is 2.27. The maximum absolute atomic E-state index is 11.6. The number of hydrogen-bond acceptors (Lipinski definition) is 5. The van der Waals surface area contributed by atoms with Crippen molar-refractivity contribution in [2.75, 3.05) is 13.1 Å². The van der Waals surface area contributed by atoms with Crippen molar-refractivity contribution in [3.63, 3.8) is 0 Å². The Bertz CT molecular complexity index is 832. The van der Waals surface area contributed by atoms with Gasteiger partial charge in [-0.25, -0.2) is 0 Å². The minimum absolute atomic E-state index is 0.0463. The summed E-state index contributed by atoms with van der Waals surface area (Å²) in [6.07, 6.45) is 1.70. The topological polar surface area (TPSA) is 127 Å². The number of amides is 2. The van der Waals surface area contributed by atoms with Crippen LogP contribution in [0.25, 0.3) is 10.9 Å². The molecule has 1 aliphatic rings. The van der Waals surface area contributed by atoms with Gasteiger partial charge in [0.15, 0.2) is 0 Å². The maximum atomic E-state index is 11.6. The van der Waals surface area contributed by atoms with Crippen LogP contribution < -0.4 is 17.0 Å². The van der Waals surface area contributed by atoms with E-state index in [1.54, 1.807) is 4.90 Å². The van der Waals surface area contributed by atoms with Crippen LogP contribution in [0.4, 0.5) is 0 Å². The van der Waals surface area contributed by atoms with Crippen molar-refractivity contribution in [1.29, 1.82) is 0 Å². The molecule has 2 heterocycles. The Morgan fingerprint density at radius 1 is 1.33 bits per heavy atom. The van der Waals surface area contributed by atoms with E-state index >= 15 is 0 Å². The Kier molecular flexibility index (Phi) is 10.3. The number of hydrazine groups is 1. The van der Waals surface area contributed by atoms with E-state index in [1.165, 1.54) is 0 Å². The van der Waals surface area contributed by atoms with Crippen LogP contribution in [0.15, 0.2) is 24.3 Å². The molecule has 9 heteroatoms. The molecule has 2 amide bonds. The molecule has 1 aromatic heterocycles. The van der Waals surface area contributed by atoms with Crippen molar-refractivity contribution >= 4 is 34.8 Å². The fraction of sp³-hybridized carbons (Fsp3) is 0.524. The smallest absolute Gasteiger partial charge is 0.223 e. The molecule has 1 aromatic carbocycles. The number of nitrogens with one attached hydrogen (secondary N) is 1. The second-order valence-corrected chi connectivity index (χ2v) is 8.82. The van der Waals surface area contributed by atoms with Crippen LogP contribution >= 0.6 is 11.6 Å². The lowest BCUT2D eigenvalue weighted by Gasteiger charge is -2.22. The Hall–Kier alpha value is -2.13. The van der Waals surface area contributed by atoms with Gasteiger partial charge in [0.25, 0.3) is 0 Å². The molecule has 1 atom stereocenters. The number of nitrogens with zero attached hydrogens (tertiary/aromatic N) is 2. The molecule has 168 valence electrons. The third-order valence-electron chi connectivity index (χ3n) is 4.64. The van der Waals surface area contributed by atoms with E-state index in [2.05, 4.69) is 37.8 Å². The number of carbonyl (C=O) groups is 2. The molecule has 3 rings (SSSR count). The molecule has 1 saturated heterocycles. The van der Waals surface area contributed by atoms with Gasteiger partial charge in [-0.2, -0.15) is 0 Å². The molecular formula is C21H34ClN5O3. The molecule has 0 spiro atoms. The lowest BCUT2D eigenvalue weighted by atomic mass is 9.92. The zero-order valence-corrected chi connectivity index (χ0v) is 18.9. The van der Waals surface area contributed by atoms with E-state index in [9.17, 15) is 14.7 Å². The quantitative estimate of drug-likeness (QED) is 0.329.